The molecule has 1 aliphatic rings. The van der Waals surface area contributed by atoms with Crippen molar-refractivity contribution in [1.29, 1.82) is 0 Å². The summed E-state index contributed by atoms with van der Waals surface area (Å²) in [6.45, 7) is 4.85. The van der Waals surface area contributed by atoms with E-state index in [9.17, 15) is 5.11 Å². The Bertz CT molecular complexity index is 391. The quantitative estimate of drug-likeness (QED) is 0.886. The largest absolute Gasteiger partial charge is 0.508 e. The van der Waals surface area contributed by atoms with E-state index in [2.05, 4.69) is 11.8 Å². The van der Waals surface area contributed by atoms with Crippen LogP contribution in [0.1, 0.15) is 25.3 Å². The Morgan fingerprint density at radius 2 is 2.28 bits per heavy atom. The molecule has 1 saturated heterocycles. The molecule has 0 aliphatic carbocycles. The van der Waals surface area contributed by atoms with Crippen molar-refractivity contribution in [3.8, 4) is 5.75 Å². The summed E-state index contributed by atoms with van der Waals surface area (Å²) in [5.74, 6) is 0.828. The van der Waals surface area contributed by atoms with Gasteiger partial charge in [-0.1, -0.05) is 31.0 Å². The highest BCUT2D eigenvalue weighted by molar-refractivity contribution is 6.31. The van der Waals surface area contributed by atoms with Crippen molar-refractivity contribution < 1.29 is 5.11 Å². The Morgan fingerprint density at radius 3 is 2.94 bits per heavy atom. The standard InChI is InChI=1S/C14H21ClN2O/c1-2-10-8-17(7-6-13(10)16)9-11-12(15)4-3-5-14(11)18/h3-5,10,13,18H,2,6-9,16H2,1H3. The summed E-state index contributed by atoms with van der Waals surface area (Å²) in [4.78, 5) is 2.33. The number of halogens is 1. The monoisotopic (exact) mass is 268 g/mol. The second-order valence-corrected chi connectivity index (χ2v) is 5.50. The van der Waals surface area contributed by atoms with E-state index in [1.165, 1.54) is 0 Å². The molecule has 2 atom stereocenters. The molecule has 1 heterocycles. The van der Waals surface area contributed by atoms with Crippen LogP contribution in [-0.2, 0) is 6.54 Å². The summed E-state index contributed by atoms with van der Waals surface area (Å²) in [6, 6.07) is 5.59. The van der Waals surface area contributed by atoms with Gasteiger partial charge in [0.05, 0.1) is 0 Å². The van der Waals surface area contributed by atoms with E-state index in [-0.39, 0.29) is 5.75 Å². The van der Waals surface area contributed by atoms with Crippen LogP contribution >= 0.6 is 11.6 Å². The Hall–Kier alpha value is -0.770. The van der Waals surface area contributed by atoms with Gasteiger partial charge in [0.2, 0.25) is 0 Å². The molecular formula is C14H21ClN2O. The molecule has 1 aromatic carbocycles. The Balaban J connectivity index is 2.06. The lowest BCUT2D eigenvalue weighted by atomic mass is 9.90. The highest BCUT2D eigenvalue weighted by Crippen LogP contribution is 2.28. The second kappa shape index (κ2) is 5.91. The van der Waals surface area contributed by atoms with Gasteiger partial charge in [-0.3, -0.25) is 4.90 Å². The van der Waals surface area contributed by atoms with E-state index in [0.29, 0.717) is 23.5 Å². The Labute approximate surface area is 114 Å². The van der Waals surface area contributed by atoms with Crippen molar-refractivity contribution in [2.24, 2.45) is 11.7 Å². The number of hydrogen-bond acceptors (Lipinski definition) is 3. The summed E-state index contributed by atoms with van der Waals surface area (Å²) in [5, 5.41) is 10.5. The van der Waals surface area contributed by atoms with Crippen molar-refractivity contribution in [3.05, 3.63) is 28.8 Å². The van der Waals surface area contributed by atoms with Gasteiger partial charge in [0.25, 0.3) is 0 Å². The number of phenolic OH excluding ortho intramolecular Hbond substituents is 1. The van der Waals surface area contributed by atoms with Crippen molar-refractivity contribution in [1.82, 2.24) is 4.90 Å². The molecule has 0 bridgehead atoms. The van der Waals surface area contributed by atoms with Crippen LogP contribution in [0.4, 0.5) is 0 Å². The predicted octanol–water partition coefficient (Wildman–Crippen LogP) is 2.60. The molecular weight excluding hydrogens is 248 g/mol. The molecule has 2 unspecified atom stereocenters. The molecule has 0 amide bonds. The first-order valence-electron chi connectivity index (χ1n) is 6.56. The van der Waals surface area contributed by atoms with Crippen LogP contribution in [0.3, 0.4) is 0 Å². The number of benzene rings is 1. The third-order valence-electron chi connectivity index (χ3n) is 3.88. The van der Waals surface area contributed by atoms with Gasteiger partial charge in [0, 0.05) is 29.7 Å². The van der Waals surface area contributed by atoms with Gasteiger partial charge in [0.1, 0.15) is 5.75 Å². The maximum atomic E-state index is 9.86. The molecule has 0 aromatic heterocycles. The minimum Gasteiger partial charge on any atom is -0.508 e. The van der Waals surface area contributed by atoms with E-state index in [1.807, 2.05) is 6.07 Å². The van der Waals surface area contributed by atoms with Crippen LogP contribution in [0.25, 0.3) is 0 Å². The van der Waals surface area contributed by atoms with E-state index in [1.54, 1.807) is 12.1 Å². The third-order valence-corrected chi connectivity index (χ3v) is 4.23. The average Bonchev–Trinajstić information content (AvgIpc) is 2.36. The van der Waals surface area contributed by atoms with Crippen molar-refractivity contribution in [3.63, 3.8) is 0 Å². The fraction of sp³-hybridized carbons (Fsp3) is 0.571. The molecule has 3 nitrogen and oxygen atoms in total. The first-order valence-corrected chi connectivity index (χ1v) is 6.94. The molecule has 0 spiro atoms. The van der Waals surface area contributed by atoms with Crippen LogP contribution in [0.2, 0.25) is 5.02 Å². The van der Waals surface area contributed by atoms with E-state index < -0.39 is 0 Å². The molecule has 1 aliphatic heterocycles. The zero-order valence-electron chi connectivity index (χ0n) is 10.8. The van der Waals surface area contributed by atoms with Crippen molar-refractivity contribution in [2.45, 2.75) is 32.4 Å². The molecule has 0 radical (unpaired) electrons. The summed E-state index contributed by atoms with van der Waals surface area (Å²) >= 11 is 6.14. The van der Waals surface area contributed by atoms with E-state index in [4.69, 9.17) is 17.3 Å². The lowest BCUT2D eigenvalue weighted by Gasteiger charge is -2.36. The van der Waals surface area contributed by atoms with Gasteiger partial charge in [-0.2, -0.15) is 0 Å². The fourth-order valence-electron chi connectivity index (χ4n) is 2.63. The Morgan fingerprint density at radius 1 is 1.50 bits per heavy atom. The topological polar surface area (TPSA) is 49.5 Å². The van der Waals surface area contributed by atoms with Crippen LogP contribution < -0.4 is 5.73 Å². The smallest absolute Gasteiger partial charge is 0.121 e. The lowest BCUT2D eigenvalue weighted by Crippen LogP contribution is -2.46. The lowest BCUT2D eigenvalue weighted by molar-refractivity contribution is 0.144. The minimum atomic E-state index is 0.283. The maximum Gasteiger partial charge on any atom is 0.121 e. The molecule has 4 heteroatoms. The second-order valence-electron chi connectivity index (χ2n) is 5.09. The first-order chi connectivity index (χ1) is 8.61. The summed E-state index contributed by atoms with van der Waals surface area (Å²) in [5.41, 5.74) is 6.93. The van der Waals surface area contributed by atoms with E-state index in [0.717, 1.165) is 31.5 Å². The summed E-state index contributed by atoms with van der Waals surface area (Å²) < 4.78 is 0. The molecule has 2 rings (SSSR count). The number of nitrogens with two attached hydrogens (primary N) is 1. The van der Waals surface area contributed by atoms with Gasteiger partial charge in [0.15, 0.2) is 0 Å². The molecule has 100 valence electrons. The minimum absolute atomic E-state index is 0.283. The number of hydrogen-bond donors (Lipinski definition) is 2. The van der Waals surface area contributed by atoms with Crippen LogP contribution in [0.5, 0.6) is 5.75 Å². The van der Waals surface area contributed by atoms with Gasteiger partial charge < -0.3 is 10.8 Å². The first kappa shape index (κ1) is 13.7. The highest BCUT2D eigenvalue weighted by Gasteiger charge is 2.25. The van der Waals surface area contributed by atoms with Gasteiger partial charge >= 0.3 is 0 Å². The molecule has 18 heavy (non-hydrogen) atoms. The van der Waals surface area contributed by atoms with Gasteiger partial charge in [-0.05, 0) is 31.0 Å². The fourth-order valence-corrected chi connectivity index (χ4v) is 2.86. The number of aromatic hydroxyl groups is 1. The molecule has 0 saturated carbocycles. The van der Waals surface area contributed by atoms with Gasteiger partial charge in [-0.15, -0.1) is 0 Å². The molecule has 1 aromatic rings. The summed E-state index contributed by atoms with van der Waals surface area (Å²) in [6.07, 6.45) is 2.12. The van der Waals surface area contributed by atoms with Crippen LogP contribution in [0.15, 0.2) is 18.2 Å². The number of phenols is 1. The zero-order valence-corrected chi connectivity index (χ0v) is 11.5. The van der Waals surface area contributed by atoms with Crippen LogP contribution in [-0.4, -0.2) is 29.1 Å². The maximum absolute atomic E-state index is 9.86. The predicted molar refractivity (Wildman–Crippen MR) is 74.8 cm³/mol. The number of piperidine rings is 1. The summed E-state index contributed by atoms with van der Waals surface area (Å²) in [7, 11) is 0. The van der Waals surface area contributed by atoms with Gasteiger partial charge in [-0.25, -0.2) is 0 Å². The Kier molecular flexibility index (Phi) is 4.49. The van der Waals surface area contributed by atoms with Crippen molar-refractivity contribution >= 4 is 11.6 Å². The average molecular weight is 269 g/mol. The zero-order chi connectivity index (χ0) is 13.1. The number of likely N-dealkylation sites (tertiary alicyclic amines) is 1. The third kappa shape index (κ3) is 2.97. The normalized spacial score (nSPS) is 25.3. The molecule has 3 N–H and O–H groups in total. The highest BCUT2D eigenvalue weighted by atomic mass is 35.5. The SMILES string of the molecule is CCC1CN(Cc2c(O)cccc2Cl)CCC1N. The van der Waals surface area contributed by atoms with Crippen molar-refractivity contribution in [2.75, 3.05) is 13.1 Å². The van der Waals surface area contributed by atoms with E-state index >= 15 is 0 Å². The number of nitrogens with zero attached hydrogens (tertiary/aromatic N) is 1. The number of rotatable bonds is 3. The molecule has 1 fully saturated rings. The van der Waals surface area contributed by atoms with Crippen LogP contribution in [0, 0.1) is 5.92 Å².